The van der Waals surface area contributed by atoms with Gasteiger partial charge in [-0.3, -0.25) is 9.78 Å². The van der Waals surface area contributed by atoms with Crippen molar-refractivity contribution in [3.8, 4) is 0 Å². The Labute approximate surface area is 108 Å². The van der Waals surface area contributed by atoms with Crippen molar-refractivity contribution < 1.29 is 4.79 Å². The highest BCUT2D eigenvalue weighted by atomic mass is 16.1. The van der Waals surface area contributed by atoms with Gasteiger partial charge in [-0.25, -0.2) is 0 Å². The van der Waals surface area contributed by atoms with E-state index in [0.717, 1.165) is 18.4 Å². The molecule has 0 aromatic carbocycles. The molecule has 2 saturated heterocycles. The summed E-state index contributed by atoms with van der Waals surface area (Å²) in [5.74, 6) is 0.449. The Morgan fingerprint density at radius 3 is 2.61 bits per heavy atom. The van der Waals surface area contributed by atoms with Gasteiger partial charge in [-0.1, -0.05) is 6.07 Å². The van der Waals surface area contributed by atoms with Crippen LogP contribution in [-0.4, -0.2) is 34.8 Å². The van der Waals surface area contributed by atoms with Gasteiger partial charge in [-0.15, -0.1) is 0 Å². The van der Waals surface area contributed by atoms with Crippen LogP contribution >= 0.6 is 0 Å². The zero-order valence-electron chi connectivity index (χ0n) is 11.1. The average Bonchev–Trinajstić information content (AvgIpc) is 2.61. The molecule has 2 unspecified atom stereocenters. The van der Waals surface area contributed by atoms with E-state index in [0.29, 0.717) is 17.8 Å². The van der Waals surface area contributed by atoms with E-state index >= 15 is 0 Å². The fraction of sp³-hybridized carbons (Fsp3) is 0.600. The van der Waals surface area contributed by atoms with Crippen molar-refractivity contribution in [3.05, 3.63) is 29.6 Å². The second kappa shape index (κ2) is 4.47. The van der Waals surface area contributed by atoms with Crippen molar-refractivity contribution in [2.45, 2.75) is 44.7 Å². The van der Waals surface area contributed by atoms with Crippen molar-refractivity contribution >= 4 is 5.78 Å². The minimum atomic E-state index is 0.187. The summed E-state index contributed by atoms with van der Waals surface area (Å²) < 4.78 is 0. The molecule has 2 bridgehead atoms. The number of carbonyl (C=O) groups is 1. The molecule has 2 aliphatic heterocycles. The molecule has 0 N–H and O–H groups in total. The van der Waals surface area contributed by atoms with Gasteiger partial charge in [0.05, 0.1) is 0 Å². The number of hydrogen-bond acceptors (Lipinski definition) is 3. The molecule has 0 saturated carbocycles. The van der Waals surface area contributed by atoms with Crippen LogP contribution in [0.15, 0.2) is 18.3 Å². The summed E-state index contributed by atoms with van der Waals surface area (Å²) in [5.41, 5.74) is 1.69. The Kier molecular flexibility index (Phi) is 2.94. The molecule has 18 heavy (non-hydrogen) atoms. The van der Waals surface area contributed by atoms with Crippen LogP contribution in [0.4, 0.5) is 0 Å². The molecule has 3 heteroatoms. The molecule has 3 rings (SSSR count). The topological polar surface area (TPSA) is 33.2 Å². The SMILES string of the molecule is Cc1cccnc1C(=O)C1CC2CCC(C1)N2C. The number of aromatic nitrogens is 1. The zero-order valence-corrected chi connectivity index (χ0v) is 11.1. The van der Waals surface area contributed by atoms with Crippen molar-refractivity contribution in [1.82, 2.24) is 9.88 Å². The molecule has 2 fully saturated rings. The number of aryl methyl sites for hydroxylation is 1. The molecular formula is C15H20N2O. The number of rotatable bonds is 2. The van der Waals surface area contributed by atoms with Gasteiger partial charge in [0.15, 0.2) is 5.78 Å². The Morgan fingerprint density at radius 2 is 2.00 bits per heavy atom. The molecule has 0 amide bonds. The predicted octanol–water partition coefficient (Wildman–Crippen LogP) is 2.45. The molecule has 0 spiro atoms. The quantitative estimate of drug-likeness (QED) is 0.749. The molecule has 3 nitrogen and oxygen atoms in total. The van der Waals surface area contributed by atoms with Crippen LogP contribution in [0.3, 0.4) is 0 Å². The lowest BCUT2D eigenvalue weighted by Crippen LogP contribution is -2.42. The Hall–Kier alpha value is -1.22. The van der Waals surface area contributed by atoms with Gasteiger partial charge in [-0.2, -0.15) is 0 Å². The van der Waals surface area contributed by atoms with E-state index in [-0.39, 0.29) is 11.7 Å². The van der Waals surface area contributed by atoms with Crippen LogP contribution in [0.25, 0.3) is 0 Å². The Balaban J connectivity index is 1.81. The van der Waals surface area contributed by atoms with Crippen LogP contribution in [0.5, 0.6) is 0 Å². The van der Waals surface area contributed by atoms with Gasteiger partial charge in [0.1, 0.15) is 5.69 Å². The molecule has 0 radical (unpaired) electrons. The van der Waals surface area contributed by atoms with E-state index in [2.05, 4.69) is 16.9 Å². The van der Waals surface area contributed by atoms with E-state index in [1.54, 1.807) is 6.20 Å². The molecule has 1 aromatic heterocycles. The maximum atomic E-state index is 12.6. The van der Waals surface area contributed by atoms with Crippen LogP contribution in [-0.2, 0) is 0 Å². The van der Waals surface area contributed by atoms with Crippen molar-refractivity contribution in [1.29, 1.82) is 0 Å². The van der Waals surface area contributed by atoms with E-state index in [1.165, 1.54) is 12.8 Å². The number of Topliss-reactive ketones (excluding diaryl/α,β-unsaturated/α-hetero) is 1. The summed E-state index contributed by atoms with van der Waals surface area (Å²) in [7, 11) is 2.20. The first-order chi connectivity index (χ1) is 8.66. The summed E-state index contributed by atoms with van der Waals surface area (Å²) in [4.78, 5) is 19.3. The highest BCUT2D eigenvalue weighted by Crippen LogP contribution is 2.38. The molecule has 3 heterocycles. The Bertz CT molecular complexity index is 457. The van der Waals surface area contributed by atoms with Crippen molar-refractivity contribution in [2.75, 3.05) is 7.05 Å². The summed E-state index contributed by atoms with van der Waals surface area (Å²) in [6.07, 6.45) is 6.27. The first-order valence-corrected chi connectivity index (χ1v) is 6.84. The number of piperidine rings is 1. The molecule has 0 aliphatic carbocycles. The molecular weight excluding hydrogens is 224 g/mol. The minimum absolute atomic E-state index is 0.187. The smallest absolute Gasteiger partial charge is 0.184 e. The number of nitrogens with zero attached hydrogens (tertiary/aromatic N) is 2. The van der Waals surface area contributed by atoms with Crippen LogP contribution in [0.1, 0.15) is 41.7 Å². The summed E-state index contributed by atoms with van der Waals surface area (Å²) in [6.45, 7) is 1.98. The highest BCUT2D eigenvalue weighted by Gasteiger charge is 2.41. The third kappa shape index (κ3) is 1.87. The van der Waals surface area contributed by atoms with Gasteiger partial charge in [-0.05, 0) is 51.3 Å². The largest absolute Gasteiger partial charge is 0.300 e. The van der Waals surface area contributed by atoms with E-state index < -0.39 is 0 Å². The minimum Gasteiger partial charge on any atom is -0.300 e. The first-order valence-electron chi connectivity index (χ1n) is 6.84. The first kappa shape index (κ1) is 11.8. The molecule has 2 atom stereocenters. The fourth-order valence-corrected chi connectivity index (χ4v) is 3.56. The van der Waals surface area contributed by atoms with Gasteiger partial charge >= 0.3 is 0 Å². The standard InChI is InChI=1S/C15H20N2O/c1-10-4-3-7-16-14(10)15(18)11-8-12-5-6-13(9-11)17(12)2/h3-4,7,11-13H,5-6,8-9H2,1-2H3. The van der Waals surface area contributed by atoms with E-state index in [1.807, 2.05) is 19.1 Å². The number of pyridine rings is 1. The second-order valence-electron chi connectivity index (χ2n) is 5.75. The van der Waals surface area contributed by atoms with Gasteiger partial charge in [0.25, 0.3) is 0 Å². The van der Waals surface area contributed by atoms with Gasteiger partial charge < -0.3 is 4.90 Å². The number of hydrogen-bond donors (Lipinski definition) is 0. The van der Waals surface area contributed by atoms with Crippen molar-refractivity contribution in [3.63, 3.8) is 0 Å². The zero-order chi connectivity index (χ0) is 12.7. The van der Waals surface area contributed by atoms with E-state index in [4.69, 9.17) is 0 Å². The lowest BCUT2D eigenvalue weighted by molar-refractivity contribution is 0.0761. The van der Waals surface area contributed by atoms with E-state index in [9.17, 15) is 4.79 Å². The summed E-state index contributed by atoms with van der Waals surface area (Å²) >= 11 is 0. The normalized spacial score (nSPS) is 31.6. The van der Waals surface area contributed by atoms with Crippen LogP contribution in [0.2, 0.25) is 0 Å². The lowest BCUT2D eigenvalue weighted by atomic mass is 9.85. The fourth-order valence-electron chi connectivity index (χ4n) is 3.56. The summed E-state index contributed by atoms with van der Waals surface area (Å²) in [6, 6.07) is 5.09. The van der Waals surface area contributed by atoms with Crippen LogP contribution in [0, 0.1) is 12.8 Å². The lowest BCUT2D eigenvalue weighted by Gasteiger charge is -2.35. The molecule has 1 aromatic rings. The molecule has 96 valence electrons. The predicted molar refractivity (Wildman–Crippen MR) is 70.6 cm³/mol. The third-order valence-corrected chi connectivity index (χ3v) is 4.71. The number of ketones is 1. The third-order valence-electron chi connectivity index (χ3n) is 4.71. The van der Waals surface area contributed by atoms with Crippen molar-refractivity contribution in [2.24, 2.45) is 5.92 Å². The second-order valence-corrected chi connectivity index (χ2v) is 5.75. The maximum absolute atomic E-state index is 12.6. The Morgan fingerprint density at radius 1 is 1.33 bits per heavy atom. The maximum Gasteiger partial charge on any atom is 0.184 e. The monoisotopic (exact) mass is 244 g/mol. The summed E-state index contributed by atoms with van der Waals surface area (Å²) in [5, 5.41) is 0. The average molecular weight is 244 g/mol. The number of carbonyl (C=O) groups excluding carboxylic acids is 1. The van der Waals surface area contributed by atoms with Crippen LogP contribution < -0.4 is 0 Å². The highest BCUT2D eigenvalue weighted by molar-refractivity contribution is 5.97. The number of fused-ring (bicyclic) bond motifs is 2. The van der Waals surface area contributed by atoms with Gasteiger partial charge in [0.2, 0.25) is 0 Å². The van der Waals surface area contributed by atoms with Gasteiger partial charge in [0, 0.05) is 24.2 Å². The molecule has 2 aliphatic rings.